The standard InChI is InChI=1S/C12H14ClNO2/c1-8-3-4-9(2)10(7-8)14-12(16)6-5-11(13)15/h3-4,7H,5-6H2,1-2H3,(H,14,16). The van der Waals surface area contributed by atoms with Gasteiger partial charge in [-0.15, -0.1) is 0 Å². The van der Waals surface area contributed by atoms with Crippen molar-refractivity contribution in [2.24, 2.45) is 0 Å². The number of amides is 1. The van der Waals surface area contributed by atoms with Crippen LogP contribution >= 0.6 is 11.6 Å². The van der Waals surface area contributed by atoms with E-state index in [1.54, 1.807) is 0 Å². The first kappa shape index (κ1) is 12.7. The quantitative estimate of drug-likeness (QED) is 0.822. The van der Waals surface area contributed by atoms with E-state index in [-0.39, 0.29) is 18.7 Å². The second kappa shape index (κ2) is 5.66. The Kier molecular flexibility index (Phi) is 4.50. The minimum atomic E-state index is -0.490. The highest BCUT2D eigenvalue weighted by atomic mass is 35.5. The first-order chi connectivity index (χ1) is 7.49. The lowest BCUT2D eigenvalue weighted by molar-refractivity contribution is -0.119. The van der Waals surface area contributed by atoms with Crippen LogP contribution < -0.4 is 5.32 Å². The summed E-state index contributed by atoms with van der Waals surface area (Å²) in [7, 11) is 0. The summed E-state index contributed by atoms with van der Waals surface area (Å²) in [6, 6.07) is 5.82. The summed E-state index contributed by atoms with van der Waals surface area (Å²) >= 11 is 5.16. The van der Waals surface area contributed by atoms with Gasteiger partial charge >= 0.3 is 0 Å². The van der Waals surface area contributed by atoms with Crippen LogP contribution in [0.4, 0.5) is 5.69 Å². The molecule has 0 heterocycles. The maximum Gasteiger partial charge on any atom is 0.224 e. The predicted octanol–water partition coefficient (Wildman–Crippen LogP) is 2.79. The molecule has 4 heteroatoms. The molecule has 86 valence electrons. The zero-order valence-corrected chi connectivity index (χ0v) is 10.1. The number of halogens is 1. The Labute approximate surface area is 99.8 Å². The van der Waals surface area contributed by atoms with E-state index >= 15 is 0 Å². The summed E-state index contributed by atoms with van der Waals surface area (Å²) in [6.45, 7) is 3.87. The number of aryl methyl sites for hydroxylation is 2. The second-order valence-corrected chi connectivity index (χ2v) is 4.14. The molecule has 1 N–H and O–H groups in total. The van der Waals surface area contributed by atoms with E-state index < -0.39 is 5.24 Å². The van der Waals surface area contributed by atoms with Crippen molar-refractivity contribution in [1.82, 2.24) is 0 Å². The van der Waals surface area contributed by atoms with Gasteiger partial charge in [-0.3, -0.25) is 9.59 Å². The van der Waals surface area contributed by atoms with Gasteiger partial charge in [0.25, 0.3) is 0 Å². The summed E-state index contributed by atoms with van der Waals surface area (Å²) in [4.78, 5) is 22.0. The fourth-order valence-corrected chi connectivity index (χ4v) is 1.39. The summed E-state index contributed by atoms with van der Waals surface area (Å²) in [6.07, 6.45) is 0.188. The van der Waals surface area contributed by atoms with E-state index in [1.165, 1.54) is 0 Å². The molecular formula is C12H14ClNO2. The second-order valence-electron chi connectivity index (χ2n) is 3.72. The maximum absolute atomic E-state index is 11.5. The van der Waals surface area contributed by atoms with Crippen LogP contribution in [0, 0.1) is 13.8 Å². The lowest BCUT2D eigenvalue weighted by Gasteiger charge is -2.08. The largest absolute Gasteiger partial charge is 0.326 e. The zero-order chi connectivity index (χ0) is 12.1. The molecule has 0 spiro atoms. The Bertz CT molecular complexity index is 415. The fourth-order valence-electron chi connectivity index (χ4n) is 1.30. The minimum absolute atomic E-state index is 0.0677. The van der Waals surface area contributed by atoms with Crippen LogP contribution in [-0.4, -0.2) is 11.1 Å². The number of anilines is 1. The van der Waals surface area contributed by atoms with Crippen molar-refractivity contribution in [3.05, 3.63) is 29.3 Å². The van der Waals surface area contributed by atoms with Gasteiger partial charge < -0.3 is 5.32 Å². The van der Waals surface area contributed by atoms with Crippen molar-refractivity contribution in [2.75, 3.05) is 5.32 Å². The molecule has 1 rings (SSSR count). The topological polar surface area (TPSA) is 46.2 Å². The number of hydrogen-bond acceptors (Lipinski definition) is 2. The number of benzene rings is 1. The number of carbonyl (C=O) groups excluding carboxylic acids is 2. The molecule has 16 heavy (non-hydrogen) atoms. The van der Waals surface area contributed by atoms with Crippen molar-refractivity contribution >= 4 is 28.4 Å². The Morgan fingerprint density at radius 2 is 1.94 bits per heavy atom. The number of hydrogen-bond donors (Lipinski definition) is 1. The molecular weight excluding hydrogens is 226 g/mol. The minimum Gasteiger partial charge on any atom is -0.326 e. The van der Waals surface area contributed by atoms with Crippen LogP contribution in [0.2, 0.25) is 0 Å². The van der Waals surface area contributed by atoms with Gasteiger partial charge in [-0.2, -0.15) is 0 Å². The molecule has 0 aliphatic carbocycles. The molecule has 0 unspecified atom stereocenters. The van der Waals surface area contributed by atoms with Gasteiger partial charge in [0.2, 0.25) is 11.1 Å². The molecule has 1 aromatic rings. The van der Waals surface area contributed by atoms with Crippen LogP contribution in [0.15, 0.2) is 18.2 Å². The molecule has 0 atom stereocenters. The summed E-state index contributed by atoms with van der Waals surface area (Å²) in [5, 5.41) is 2.27. The molecule has 1 amide bonds. The SMILES string of the molecule is Cc1ccc(C)c(NC(=O)CCC(=O)Cl)c1. The van der Waals surface area contributed by atoms with Crippen LogP contribution in [0.3, 0.4) is 0 Å². The molecule has 0 saturated carbocycles. The van der Waals surface area contributed by atoms with Gasteiger partial charge in [0.1, 0.15) is 0 Å². The predicted molar refractivity (Wildman–Crippen MR) is 64.6 cm³/mol. The van der Waals surface area contributed by atoms with Crippen molar-refractivity contribution in [3.63, 3.8) is 0 Å². The van der Waals surface area contributed by atoms with E-state index in [0.717, 1.165) is 16.8 Å². The monoisotopic (exact) mass is 239 g/mol. The van der Waals surface area contributed by atoms with E-state index in [0.29, 0.717) is 0 Å². The molecule has 3 nitrogen and oxygen atoms in total. The van der Waals surface area contributed by atoms with E-state index in [2.05, 4.69) is 5.32 Å². The third-order valence-electron chi connectivity index (χ3n) is 2.22. The number of carbonyl (C=O) groups is 2. The molecule has 0 aliphatic heterocycles. The normalized spacial score (nSPS) is 9.94. The van der Waals surface area contributed by atoms with E-state index in [1.807, 2.05) is 32.0 Å². The van der Waals surface area contributed by atoms with Crippen LogP contribution in [-0.2, 0) is 9.59 Å². The summed E-state index contributed by atoms with van der Waals surface area (Å²) in [5.74, 6) is -0.192. The van der Waals surface area contributed by atoms with Gasteiger partial charge in [0, 0.05) is 18.5 Å². The van der Waals surface area contributed by atoms with Gasteiger partial charge in [-0.1, -0.05) is 12.1 Å². The molecule has 0 aliphatic rings. The smallest absolute Gasteiger partial charge is 0.224 e. The average Bonchev–Trinajstić information content (AvgIpc) is 2.20. The molecule has 1 aromatic carbocycles. The van der Waals surface area contributed by atoms with Gasteiger partial charge in [-0.25, -0.2) is 0 Å². The average molecular weight is 240 g/mol. The summed E-state index contributed by atoms with van der Waals surface area (Å²) in [5.41, 5.74) is 2.86. The van der Waals surface area contributed by atoms with Gasteiger partial charge in [0.15, 0.2) is 0 Å². The molecule has 0 bridgehead atoms. The Morgan fingerprint density at radius 1 is 1.25 bits per heavy atom. The van der Waals surface area contributed by atoms with Crippen LogP contribution in [0.25, 0.3) is 0 Å². The highest BCUT2D eigenvalue weighted by molar-refractivity contribution is 6.63. The Morgan fingerprint density at radius 3 is 2.56 bits per heavy atom. The van der Waals surface area contributed by atoms with E-state index in [4.69, 9.17) is 11.6 Å². The van der Waals surface area contributed by atoms with Crippen LogP contribution in [0.1, 0.15) is 24.0 Å². The zero-order valence-electron chi connectivity index (χ0n) is 9.34. The molecule has 0 fully saturated rings. The Balaban J connectivity index is 2.62. The third-order valence-corrected chi connectivity index (χ3v) is 2.40. The number of nitrogens with one attached hydrogen (secondary N) is 1. The number of rotatable bonds is 4. The molecule has 0 saturated heterocycles. The first-order valence-corrected chi connectivity index (χ1v) is 5.42. The molecule has 0 aromatic heterocycles. The maximum atomic E-state index is 11.5. The highest BCUT2D eigenvalue weighted by Gasteiger charge is 2.06. The van der Waals surface area contributed by atoms with Crippen LogP contribution in [0.5, 0.6) is 0 Å². The fraction of sp³-hybridized carbons (Fsp3) is 0.333. The van der Waals surface area contributed by atoms with E-state index in [9.17, 15) is 9.59 Å². The third kappa shape index (κ3) is 4.03. The highest BCUT2D eigenvalue weighted by Crippen LogP contribution is 2.16. The van der Waals surface area contributed by atoms with Crippen molar-refractivity contribution in [2.45, 2.75) is 26.7 Å². The van der Waals surface area contributed by atoms with Crippen molar-refractivity contribution in [1.29, 1.82) is 0 Å². The summed E-state index contributed by atoms with van der Waals surface area (Å²) < 4.78 is 0. The first-order valence-electron chi connectivity index (χ1n) is 5.04. The Hall–Kier alpha value is -1.35. The lowest BCUT2D eigenvalue weighted by atomic mass is 10.1. The van der Waals surface area contributed by atoms with Crippen molar-refractivity contribution in [3.8, 4) is 0 Å². The van der Waals surface area contributed by atoms with Gasteiger partial charge in [-0.05, 0) is 42.6 Å². The lowest BCUT2D eigenvalue weighted by Crippen LogP contribution is -2.13. The van der Waals surface area contributed by atoms with Crippen molar-refractivity contribution < 1.29 is 9.59 Å². The molecule has 0 radical (unpaired) electrons. The van der Waals surface area contributed by atoms with Gasteiger partial charge in [0.05, 0.1) is 0 Å².